The molecule has 0 spiro atoms. The highest BCUT2D eigenvalue weighted by Crippen LogP contribution is 2.33. The van der Waals surface area contributed by atoms with Gasteiger partial charge in [-0.3, -0.25) is 4.98 Å². The number of halogens is 1. The lowest BCUT2D eigenvalue weighted by Gasteiger charge is -2.28. The number of anilines is 1. The molecule has 0 bridgehead atoms. The van der Waals surface area contributed by atoms with Gasteiger partial charge in [-0.05, 0) is 24.1 Å². The van der Waals surface area contributed by atoms with Crippen LogP contribution in [0.25, 0.3) is 10.9 Å². The molecule has 20 heavy (non-hydrogen) atoms. The van der Waals surface area contributed by atoms with E-state index in [4.69, 9.17) is 11.6 Å². The summed E-state index contributed by atoms with van der Waals surface area (Å²) in [5.41, 5.74) is 2.19. The van der Waals surface area contributed by atoms with E-state index in [1.54, 1.807) is 30.1 Å². The van der Waals surface area contributed by atoms with Crippen LogP contribution >= 0.6 is 22.9 Å². The van der Waals surface area contributed by atoms with Gasteiger partial charge in [-0.1, -0.05) is 11.6 Å². The molecule has 100 valence electrons. The van der Waals surface area contributed by atoms with Gasteiger partial charge in [0.2, 0.25) is 0 Å². The highest BCUT2D eigenvalue weighted by molar-refractivity contribution is 7.16. The second-order valence-electron chi connectivity index (χ2n) is 4.76. The largest absolute Gasteiger partial charge is 0.351 e. The van der Waals surface area contributed by atoms with Crippen molar-refractivity contribution < 1.29 is 0 Å². The standard InChI is InChI=1S/C14H11ClN4S/c15-13-5-9-7-19(4-2-12(9)20-13)14-10-1-3-16-6-11(10)17-8-18-14/h1,3,5-6,8H,2,4,7H2. The Morgan fingerprint density at radius 1 is 1.30 bits per heavy atom. The number of nitrogens with zero attached hydrogens (tertiary/aromatic N) is 4. The first-order valence-electron chi connectivity index (χ1n) is 6.38. The normalized spacial score (nSPS) is 14.6. The van der Waals surface area contributed by atoms with E-state index in [0.29, 0.717) is 0 Å². The van der Waals surface area contributed by atoms with Gasteiger partial charge in [-0.2, -0.15) is 0 Å². The number of hydrogen-bond donors (Lipinski definition) is 0. The lowest BCUT2D eigenvalue weighted by Crippen LogP contribution is -2.30. The molecule has 0 aliphatic carbocycles. The van der Waals surface area contributed by atoms with Gasteiger partial charge in [0.05, 0.1) is 16.0 Å². The predicted octanol–water partition coefficient (Wildman–Crippen LogP) is 3.30. The van der Waals surface area contributed by atoms with Crippen LogP contribution in [0.3, 0.4) is 0 Å². The van der Waals surface area contributed by atoms with Gasteiger partial charge in [0.25, 0.3) is 0 Å². The molecule has 0 saturated carbocycles. The van der Waals surface area contributed by atoms with Crippen LogP contribution in [-0.2, 0) is 13.0 Å². The third-order valence-corrected chi connectivity index (χ3v) is 4.92. The second kappa shape index (κ2) is 4.68. The van der Waals surface area contributed by atoms with E-state index in [1.165, 1.54) is 10.4 Å². The summed E-state index contributed by atoms with van der Waals surface area (Å²) in [6.07, 6.45) is 6.18. The molecule has 0 radical (unpaired) electrons. The summed E-state index contributed by atoms with van der Waals surface area (Å²) in [4.78, 5) is 16.5. The molecular weight excluding hydrogens is 292 g/mol. The maximum Gasteiger partial charge on any atom is 0.140 e. The molecule has 4 nitrogen and oxygen atoms in total. The summed E-state index contributed by atoms with van der Waals surface area (Å²) in [7, 11) is 0. The molecule has 0 saturated heterocycles. The molecule has 3 aromatic heterocycles. The van der Waals surface area contributed by atoms with Gasteiger partial charge in [0.15, 0.2) is 0 Å². The minimum absolute atomic E-state index is 0.854. The number of fused-ring (bicyclic) bond motifs is 2. The van der Waals surface area contributed by atoms with E-state index in [9.17, 15) is 0 Å². The predicted molar refractivity (Wildman–Crippen MR) is 81.4 cm³/mol. The van der Waals surface area contributed by atoms with Gasteiger partial charge < -0.3 is 4.90 Å². The molecule has 4 rings (SSSR count). The number of pyridine rings is 1. The molecule has 0 N–H and O–H groups in total. The van der Waals surface area contributed by atoms with Crippen molar-refractivity contribution in [3.8, 4) is 0 Å². The molecule has 0 fully saturated rings. The van der Waals surface area contributed by atoms with Gasteiger partial charge >= 0.3 is 0 Å². The molecule has 0 amide bonds. The van der Waals surface area contributed by atoms with Gasteiger partial charge in [-0.25, -0.2) is 9.97 Å². The SMILES string of the molecule is Clc1cc2c(s1)CCN(c1ncnc3cnccc13)C2. The van der Waals surface area contributed by atoms with E-state index < -0.39 is 0 Å². The van der Waals surface area contributed by atoms with Crippen molar-refractivity contribution in [3.05, 3.63) is 45.6 Å². The first kappa shape index (κ1) is 12.1. The Morgan fingerprint density at radius 2 is 2.25 bits per heavy atom. The van der Waals surface area contributed by atoms with E-state index in [-0.39, 0.29) is 0 Å². The molecule has 0 atom stereocenters. The third kappa shape index (κ3) is 1.94. The van der Waals surface area contributed by atoms with Crippen molar-refractivity contribution >= 4 is 39.7 Å². The zero-order chi connectivity index (χ0) is 13.5. The van der Waals surface area contributed by atoms with Gasteiger partial charge in [0.1, 0.15) is 12.1 Å². The lowest BCUT2D eigenvalue weighted by molar-refractivity contribution is 0.734. The summed E-state index contributed by atoms with van der Waals surface area (Å²) in [5.74, 6) is 0.977. The van der Waals surface area contributed by atoms with Crippen molar-refractivity contribution in [3.63, 3.8) is 0 Å². The molecule has 0 unspecified atom stereocenters. The van der Waals surface area contributed by atoms with Crippen molar-refractivity contribution in [1.29, 1.82) is 0 Å². The van der Waals surface area contributed by atoms with Crippen LogP contribution in [0.1, 0.15) is 10.4 Å². The average molecular weight is 303 g/mol. The first-order valence-corrected chi connectivity index (χ1v) is 7.57. The van der Waals surface area contributed by atoms with E-state index in [1.807, 2.05) is 6.07 Å². The Balaban J connectivity index is 1.77. The van der Waals surface area contributed by atoms with Crippen LogP contribution in [-0.4, -0.2) is 21.5 Å². The molecule has 6 heteroatoms. The summed E-state index contributed by atoms with van der Waals surface area (Å²) in [6, 6.07) is 4.04. The molecule has 0 aromatic carbocycles. The highest BCUT2D eigenvalue weighted by Gasteiger charge is 2.21. The zero-order valence-corrected chi connectivity index (χ0v) is 12.2. The van der Waals surface area contributed by atoms with E-state index in [0.717, 1.165) is 40.6 Å². The first-order chi connectivity index (χ1) is 9.81. The number of thiophene rings is 1. The third-order valence-electron chi connectivity index (χ3n) is 3.55. The Hall–Kier alpha value is -1.72. The molecule has 1 aliphatic rings. The van der Waals surface area contributed by atoms with Crippen molar-refractivity contribution in [2.45, 2.75) is 13.0 Å². The summed E-state index contributed by atoms with van der Waals surface area (Å²) < 4.78 is 0.869. The van der Waals surface area contributed by atoms with Crippen molar-refractivity contribution in [2.75, 3.05) is 11.4 Å². The van der Waals surface area contributed by atoms with Crippen LogP contribution in [0.4, 0.5) is 5.82 Å². The Morgan fingerprint density at radius 3 is 3.20 bits per heavy atom. The fourth-order valence-electron chi connectivity index (χ4n) is 2.62. The monoisotopic (exact) mass is 302 g/mol. The quantitative estimate of drug-likeness (QED) is 0.691. The molecular formula is C14H11ClN4S. The fraction of sp³-hybridized carbons (Fsp3) is 0.214. The number of aromatic nitrogens is 3. The Labute approximate surface area is 125 Å². The summed E-state index contributed by atoms with van der Waals surface area (Å²) in [5, 5.41) is 1.05. The maximum atomic E-state index is 6.11. The van der Waals surface area contributed by atoms with Gasteiger partial charge in [0, 0.05) is 29.5 Å². The van der Waals surface area contributed by atoms with Crippen LogP contribution < -0.4 is 4.90 Å². The average Bonchev–Trinajstić information content (AvgIpc) is 2.85. The van der Waals surface area contributed by atoms with Crippen molar-refractivity contribution in [2.24, 2.45) is 0 Å². The highest BCUT2D eigenvalue weighted by atomic mass is 35.5. The second-order valence-corrected chi connectivity index (χ2v) is 6.53. The topological polar surface area (TPSA) is 41.9 Å². The van der Waals surface area contributed by atoms with Crippen LogP contribution in [0.15, 0.2) is 30.9 Å². The van der Waals surface area contributed by atoms with Crippen molar-refractivity contribution in [1.82, 2.24) is 15.0 Å². The number of rotatable bonds is 1. The zero-order valence-electron chi connectivity index (χ0n) is 10.6. The Bertz CT molecular complexity index is 780. The smallest absolute Gasteiger partial charge is 0.140 e. The van der Waals surface area contributed by atoms with Crippen LogP contribution in [0.2, 0.25) is 4.34 Å². The summed E-state index contributed by atoms with van der Waals surface area (Å²) in [6.45, 7) is 1.81. The molecule has 1 aliphatic heterocycles. The van der Waals surface area contributed by atoms with Crippen LogP contribution in [0.5, 0.6) is 0 Å². The minimum atomic E-state index is 0.854. The number of hydrogen-bond acceptors (Lipinski definition) is 5. The summed E-state index contributed by atoms with van der Waals surface area (Å²) >= 11 is 7.79. The minimum Gasteiger partial charge on any atom is -0.351 e. The maximum absolute atomic E-state index is 6.11. The van der Waals surface area contributed by atoms with Gasteiger partial charge in [-0.15, -0.1) is 11.3 Å². The lowest BCUT2D eigenvalue weighted by atomic mass is 10.1. The molecule has 3 aromatic rings. The van der Waals surface area contributed by atoms with E-state index in [2.05, 4.69) is 25.9 Å². The van der Waals surface area contributed by atoms with Crippen LogP contribution in [0, 0.1) is 0 Å². The Kier molecular flexibility index (Phi) is 2.82. The van der Waals surface area contributed by atoms with E-state index >= 15 is 0 Å². The molecule has 4 heterocycles. The fourth-order valence-corrected chi connectivity index (χ4v) is 3.92.